The lowest BCUT2D eigenvalue weighted by atomic mass is 10.3. The SMILES string of the molecule is Cc1cn(C)nc1C(=O)Nc1nc(-c2nc3ccccc3s2)cs1. The molecular formula is C16H13N5OS2. The van der Waals surface area contributed by atoms with Gasteiger partial charge in [0.15, 0.2) is 10.8 Å². The highest BCUT2D eigenvalue weighted by atomic mass is 32.1. The van der Waals surface area contributed by atoms with Crippen LogP contribution >= 0.6 is 22.7 Å². The standard InChI is InChI=1S/C16H13N5OS2/c1-9-7-21(2)20-13(9)14(22)19-16-18-11(8-23-16)15-17-10-5-3-4-6-12(10)24-15/h3-8H,1-2H3,(H,18,19,22). The number of rotatable bonds is 3. The quantitative estimate of drug-likeness (QED) is 0.608. The summed E-state index contributed by atoms with van der Waals surface area (Å²) in [5, 5.41) is 10.3. The zero-order valence-corrected chi connectivity index (χ0v) is 14.6. The van der Waals surface area contributed by atoms with Gasteiger partial charge in [-0.05, 0) is 19.1 Å². The summed E-state index contributed by atoms with van der Waals surface area (Å²) < 4.78 is 2.74. The summed E-state index contributed by atoms with van der Waals surface area (Å²) in [7, 11) is 1.79. The van der Waals surface area contributed by atoms with Crippen molar-refractivity contribution in [3.8, 4) is 10.7 Å². The maximum Gasteiger partial charge on any atom is 0.278 e. The van der Waals surface area contributed by atoms with Crippen molar-refractivity contribution in [1.82, 2.24) is 19.7 Å². The molecule has 0 saturated carbocycles. The number of amides is 1. The molecule has 120 valence electrons. The van der Waals surface area contributed by atoms with Crippen LogP contribution in [0.4, 0.5) is 5.13 Å². The second kappa shape index (κ2) is 5.81. The van der Waals surface area contributed by atoms with E-state index in [1.165, 1.54) is 11.3 Å². The Labute approximate surface area is 145 Å². The molecule has 4 rings (SSSR count). The number of fused-ring (bicyclic) bond motifs is 1. The molecule has 24 heavy (non-hydrogen) atoms. The Balaban J connectivity index is 1.58. The lowest BCUT2D eigenvalue weighted by molar-refractivity contribution is 0.102. The number of anilines is 1. The van der Waals surface area contributed by atoms with E-state index in [0.29, 0.717) is 10.8 Å². The molecule has 0 atom stereocenters. The zero-order valence-electron chi connectivity index (χ0n) is 13.0. The van der Waals surface area contributed by atoms with Crippen molar-refractivity contribution >= 4 is 43.9 Å². The third-order valence-corrected chi connectivity index (χ3v) is 5.28. The smallest absolute Gasteiger partial charge is 0.278 e. The minimum Gasteiger partial charge on any atom is -0.296 e. The second-order valence-electron chi connectivity index (χ2n) is 5.31. The molecule has 0 bridgehead atoms. The van der Waals surface area contributed by atoms with Crippen LogP contribution in [-0.2, 0) is 7.05 Å². The van der Waals surface area contributed by atoms with Crippen molar-refractivity contribution in [3.63, 3.8) is 0 Å². The maximum atomic E-state index is 12.3. The van der Waals surface area contributed by atoms with Crippen molar-refractivity contribution in [1.29, 1.82) is 0 Å². The lowest BCUT2D eigenvalue weighted by Crippen LogP contribution is -2.14. The third-order valence-electron chi connectivity index (χ3n) is 3.46. The average molecular weight is 355 g/mol. The normalized spacial score (nSPS) is 11.1. The van der Waals surface area contributed by atoms with Gasteiger partial charge in [0.1, 0.15) is 10.7 Å². The van der Waals surface area contributed by atoms with Gasteiger partial charge in [-0.25, -0.2) is 9.97 Å². The molecular weight excluding hydrogens is 342 g/mol. The van der Waals surface area contributed by atoms with Crippen LogP contribution in [0, 0.1) is 6.92 Å². The van der Waals surface area contributed by atoms with Gasteiger partial charge in [-0.1, -0.05) is 12.1 Å². The number of nitrogens with zero attached hydrogens (tertiary/aromatic N) is 4. The largest absolute Gasteiger partial charge is 0.296 e. The summed E-state index contributed by atoms with van der Waals surface area (Å²) in [5.74, 6) is -0.252. The molecule has 0 unspecified atom stereocenters. The fourth-order valence-corrected chi connectivity index (χ4v) is 4.09. The zero-order chi connectivity index (χ0) is 16.7. The van der Waals surface area contributed by atoms with E-state index >= 15 is 0 Å². The number of hydrogen-bond donors (Lipinski definition) is 1. The van der Waals surface area contributed by atoms with Gasteiger partial charge in [0.2, 0.25) is 0 Å². The molecule has 0 spiro atoms. The predicted octanol–water partition coefficient (Wildman–Crippen LogP) is 3.71. The van der Waals surface area contributed by atoms with Crippen LogP contribution in [0.25, 0.3) is 20.9 Å². The van der Waals surface area contributed by atoms with Gasteiger partial charge in [0, 0.05) is 24.2 Å². The number of para-hydroxylation sites is 1. The number of aryl methyl sites for hydroxylation is 2. The molecule has 0 aliphatic carbocycles. The van der Waals surface area contributed by atoms with Gasteiger partial charge in [-0.15, -0.1) is 22.7 Å². The number of thiazole rings is 2. The van der Waals surface area contributed by atoms with Crippen molar-refractivity contribution in [2.75, 3.05) is 5.32 Å². The number of hydrogen-bond acceptors (Lipinski definition) is 6. The van der Waals surface area contributed by atoms with E-state index in [1.807, 2.05) is 42.8 Å². The highest BCUT2D eigenvalue weighted by molar-refractivity contribution is 7.22. The lowest BCUT2D eigenvalue weighted by Gasteiger charge is -1.98. The van der Waals surface area contributed by atoms with Crippen LogP contribution in [0.15, 0.2) is 35.8 Å². The molecule has 0 fully saturated rings. The average Bonchev–Trinajstić information content (AvgIpc) is 3.24. The first-order valence-electron chi connectivity index (χ1n) is 7.23. The minimum absolute atomic E-state index is 0.252. The highest BCUT2D eigenvalue weighted by Gasteiger charge is 2.16. The third kappa shape index (κ3) is 2.70. The fraction of sp³-hybridized carbons (Fsp3) is 0.125. The van der Waals surface area contributed by atoms with E-state index in [0.717, 1.165) is 26.5 Å². The van der Waals surface area contributed by atoms with Gasteiger partial charge < -0.3 is 0 Å². The van der Waals surface area contributed by atoms with Crippen molar-refractivity contribution < 1.29 is 4.79 Å². The Morgan fingerprint density at radius 2 is 2.08 bits per heavy atom. The molecule has 1 aromatic carbocycles. The van der Waals surface area contributed by atoms with Crippen LogP contribution < -0.4 is 5.32 Å². The summed E-state index contributed by atoms with van der Waals surface area (Å²) in [6.07, 6.45) is 1.81. The van der Waals surface area contributed by atoms with Gasteiger partial charge in [-0.2, -0.15) is 5.10 Å². The minimum atomic E-state index is -0.252. The van der Waals surface area contributed by atoms with Gasteiger partial charge in [0.05, 0.1) is 10.2 Å². The van der Waals surface area contributed by atoms with E-state index in [-0.39, 0.29) is 5.91 Å². The fourth-order valence-electron chi connectivity index (χ4n) is 2.40. The van der Waals surface area contributed by atoms with Gasteiger partial charge in [0.25, 0.3) is 5.91 Å². The van der Waals surface area contributed by atoms with Crippen molar-refractivity contribution in [3.05, 3.63) is 47.1 Å². The van der Waals surface area contributed by atoms with Crippen LogP contribution in [0.1, 0.15) is 16.1 Å². The first kappa shape index (κ1) is 15.0. The molecule has 3 aromatic heterocycles. The molecule has 1 amide bonds. The molecule has 0 aliphatic rings. The molecule has 3 heterocycles. The summed E-state index contributed by atoms with van der Waals surface area (Å²) in [6.45, 7) is 1.86. The highest BCUT2D eigenvalue weighted by Crippen LogP contribution is 2.32. The van der Waals surface area contributed by atoms with Crippen LogP contribution in [0.5, 0.6) is 0 Å². The summed E-state index contributed by atoms with van der Waals surface area (Å²) >= 11 is 2.97. The predicted molar refractivity (Wildman–Crippen MR) is 96.6 cm³/mol. The molecule has 0 saturated heterocycles. The molecule has 1 N–H and O–H groups in total. The number of carbonyl (C=O) groups is 1. The molecule has 0 aliphatic heterocycles. The monoisotopic (exact) mass is 355 g/mol. The van der Waals surface area contributed by atoms with Crippen LogP contribution in [0.3, 0.4) is 0 Å². The van der Waals surface area contributed by atoms with Crippen molar-refractivity contribution in [2.24, 2.45) is 7.05 Å². The van der Waals surface area contributed by atoms with E-state index in [2.05, 4.69) is 20.4 Å². The molecule has 4 aromatic rings. The van der Waals surface area contributed by atoms with E-state index in [4.69, 9.17) is 0 Å². The van der Waals surface area contributed by atoms with Crippen LogP contribution in [0.2, 0.25) is 0 Å². The Morgan fingerprint density at radius 3 is 2.83 bits per heavy atom. The number of benzene rings is 1. The van der Waals surface area contributed by atoms with Gasteiger partial charge in [-0.3, -0.25) is 14.8 Å². The van der Waals surface area contributed by atoms with E-state index in [1.54, 1.807) is 23.1 Å². The summed E-state index contributed by atoms with van der Waals surface area (Å²) in [4.78, 5) is 21.4. The summed E-state index contributed by atoms with van der Waals surface area (Å²) in [6, 6.07) is 7.98. The Morgan fingerprint density at radius 1 is 1.25 bits per heavy atom. The Bertz CT molecular complexity index is 1010. The van der Waals surface area contributed by atoms with E-state index < -0.39 is 0 Å². The Kier molecular flexibility index (Phi) is 3.62. The van der Waals surface area contributed by atoms with Gasteiger partial charge >= 0.3 is 0 Å². The molecule has 0 radical (unpaired) electrons. The molecule has 6 nitrogen and oxygen atoms in total. The second-order valence-corrected chi connectivity index (χ2v) is 7.20. The number of nitrogens with one attached hydrogen (secondary N) is 1. The topological polar surface area (TPSA) is 72.7 Å². The first-order chi connectivity index (χ1) is 11.6. The maximum absolute atomic E-state index is 12.3. The van der Waals surface area contributed by atoms with Crippen molar-refractivity contribution in [2.45, 2.75) is 6.92 Å². The number of aromatic nitrogens is 4. The van der Waals surface area contributed by atoms with Crippen LogP contribution in [-0.4, -0.2) is 25.7 Å². The summed E-state index contributed by atoms with van der Waals surface area (Å²) in [5.41, 5.74) is 2.97. The number of carbonyl (C=O) groups excluding carboxylic acids is 1. The molecule has 8 heteroatoms. The first-order valence-corrected chi connectivity index (χ1v) is 8.93. The van der Waals surface area contributed by atoms with E-state index in [9.17, 15) is 4.79 Å². The Hall–Kier alpha value is -2.58.